The number of nitrogens with zero attached hydrogens (tertiary/aromatic N) is 1. The second-order valence-corrected chi connectivity index (χ2v) is 5.58. The second-order valence-electron chi connectivity index (χ2n) is 5.17. The van der Waals surface area contributed by atoms with Crippen LogP contribution in [0.2, 0.25) is 5.02 Å². The van der Waals surface area contributed by atoms with Crippen molar-refractivity contribution in [3.05, 3.63) is 22.8 Å². The monoisotopic (exact) mass is 281 g/mol. The van der Waals surface area contributed by atoms with E-state index in [9.17, 15) is 4.79 Å². The Hall–Kier alpha value is -1.29. The lowest BCUT2D eigenvalue weighted by Crippen LogP contribution is -2.33. The predicted molar refractivity (Wildman–Crippen MR) is 77.7 cm³/mol. The molecule has 0 spiro atoms. The minimum absolute atomic E-state index is 0.106. The molecule has 0 saturated heterocycles. The number of carbonyl (C=O) groups is 1. The first-order valence-corrected chi connectivity index (χ1v) is 7.18. The van der Waals surface area contributed by atoms with Gasteiger partial charge >= 0.3 is 0 Å². The quantitative estimate of drug-likeness (QED) is 0.892. The van der Waals surface area contributed by atoms with Gasteiger partial charge in [-0.05, 0) is 38.2 Å². The number of amides is 1. The maximum absolute atomic E-state index is 12.2. The molecule has 1 heterocycles. The lowest BCUT2D eigenvalue weighted by atomic mass is 10.1. The maximum Gasteiger partial charge on any atom is 0.253 e. The van der Waals surface area contributed by atoms with Gasteiger partial charge in [0.1, 0.15) is 5.82 Å². The van der Waals surface area contributed by atoms with E-state index in [0.29, 0.717) is 22.3 Å². The summed E-state index contributed by atoms with van der Waals surface area (Å²) in [6, 6.07) is 1.98. The van der Waals surface area contributed by atoms with Crippen LogP contribution in [-0.2, 0) is 0 Å². The zero-order valence-electron chi connectivity index (χ0n) is 11.4. The lowest BCUT2D eigenvalue weighted by molar-refractivity contribution is 0.0937. The molecule has 1 amide bonds. The van der Waals surface area contributed by atoms with Crippen LogP contribution in [0, 0.1) is 5.92 Å². The molecule has 5 heteroatoms. The number of nitrogens with one attached hydrogen (secondary N) is 2. The number of hydrogen-bond donors (Lipinski definition) is 2. The van der Waals surface area contributed by atoms with Crippen molar-refractivity contribution in [1.82, 2.24) is 10.3 Å². The van der Waals surface area contributed by atoms with Crippen LogP contribution in [0.1, 0.15) is 43.5 Å². The van der Waals surface area contributed by atoms with Gasteiger partial charge in [-0.1, -0.05) is 18.5 Å². The van der Waals surface area contributed by atoms with E-state index in [2.05, 4.69) is 22.5 Å². The van der Waals surface area contributed by atoms with Crippen LogP contribution < -0.4 is 10.6 Å². The number of aromatic nitrogens is 1. The van der Waals surface area contributed by atoms with Crippen LogP contribution in [-0.4, -0.2) is 23.5 Å². The Balaban J connectivity index is 2.07. The van der Waals surface area contributed by atoms with Gasteiger partial charge in [0, 0.05) is 18.8 Å². The smallest absolute Gasteiger partial charge is 0.253 e. The highest BCUT2D eigenvalue weighted by atomic mass is 35.5. The van der Waals surface area contributed by atoms with Crippen molar-refractivity contribution in [1.29, 1.82) is 0 Å². The molecule has 4 nitrogen and oxygen atoms in total. The van der Waals surface area contributed by atoms with Crippen LogP contribution in [0.4, 0.5) is 5.82 Å². The molecule has 1 aliphatic rings. The Labute approximate surface area is 118 Å². The fourth-order valence-electron chi connectivity index (χ4n) is 2.49. The molecule has 0 bridgehead atoms. The molecular formula is C14H20ClN3O. The highest BCUT2D eigenvalue weighted by molar-refractivity contribution is 6.33. The Morgan fingerprint density at radius 1 is 1.53 bits per heavy atom. The second kappa shape index (κ2) is 6.24. The Morgan fingerprint density at radius 2 is 2.32 bits per heavy atom. The van der Waals surface area contributed by atoms with Crippen molar-refractivity contribution in [2.45, 2.75) is 39.2 Å². The minimum atomic E-state index is -0.106. The third-order valence-corrected chi connectivity index (χ3v) is 3.79. The molecule has 19 heavy (non-hydrogen) atoms. The van der Waals surface area contributed by atoms with E-state index < -0.39 is 0 Å². The Kier molecular flexibility index (Phi) is 4.64. The molecule has 0 radical (unpaired) electrons. The van der Waals surface area contributed by atoms with E-state index in [1.807, 2.05) is 6.92 Å². The first kappa shape index (κ1) is 14.1. The van der Waals surface area contributed by atoms with Crippen molar-refractivity contribution in [2.75, 3.05) is 11.9 Å². The Bertz CT molecular complexity index is 464. The van der Waals surface area contributed by atoms with E-state index in [0.717, 1.165) is 19.4 Å². The highest BCUT2D eigenvalue weighted by Crippen LogP contribution is 2.25. The number of hydrogen-bond acceptors (Lipinski definition) is 3. The molecule has 2 rings (SSSR count). The lowest BCUT2D eigenvalue weighted by Gasteiger charge is -2.14. The van der Waals surface area contributed by atoms with Gasteiger partial charge in [-0.25, -0.2) is 4.98 Å². The maximum atomic E-state index is 12.2. The SMILES string of the molecule is CCNc1cc(C(=O)NC2CCC(C)C2)c(Cl)cn1. The first-order chi connectivity index (χ1) is 9.10. The molecule has 2 atom stereocenters. The highest BCUT2D eigenvalue weighted by Gasteiger charge is 2.24. The standard InChI is InChI=1S/C14H20ClN3O/c1-3-16-13-7-11(12(15)8-17-13)14(19)18-10-5-4-9(2)6-10/h7-10H,3-6H2,1-2H3,(H,16,17)(H,18,19). The van der Waals surface area contributed by atoms with Crippen molar-refractivity contribution < 1.29 is 4.79 Å². The first-order valence-electron chi connectivity index (χ1n) is 6.80. The van der Waals surface area contributed by atoms with Crippen LogP contribution in [0.15, 0.2) is 12.3 Å². The third kappa shape index (κ3) is 3.60. The fraction of sp³-hybridized carbons (Fsp3) is 0.571. The summed E-state index contributed by atoms with van der Waals surface area (Å²) in [6.45, 7) is 4.96. The molecule has 1 aromatic rings. The summed E-state index contributed by atoms with van der Waals surface area (Å²) >= 11 is 6.05. The van der Waals surface area contributed by atoms with E-state index in [1.54, 1.807) is 6.07 Å². The van der Waals surface area contributed by atoms with Crippen molar-refractivity contribution in [3.8, 4) is 0 Å². The minimum Gasteiger partial charge on any atom is -0.370 e. The summed E-state index contributed by atoms with van der Waals surface area (Å²) < 4.78 is 0. The number of carbonyl (C=O) groups excluding carboxylic acids is 1. The molecule has 1 saturated carbocycles. The van der Waals surface area contributed by atoms with Gasteiger partial charge in [-0.2, -0.15) is 0 Å². The number of rotatable bonds is 4. The molecule has 0 aromatic carbocycles. The number of pyridine rings is 1. The van der Waals surface area contributed by atoms with Gasteiger partial charge in [-0.15, -0.1) is 0 Å². The van der Waals surface area contributed by atoms with Crippen LogP contribution >= 0.6 is 11.6 Å². The predicted octanol–water partition coefficient (Wildman–Crippen LogP) is 3.09. The van der Waals surface area contributed by atoms with Gasteiger partial charge in [0.25, 0.3) is 5.91 Å². The fourth-order valence-corrected chi connectivity index (χ4v) is 2.68. The number of halogens is 1. The third-order valence-electron chi connectivity index (χ3n) is 3.49. The topological polar surface area (TPSA) is 54.0 Å². The van der Waals surface area contributed by atoms with Crippen molar-refractivity contribution in [2.24, 2.45) is 5.92 Å². The van der Waals surface area contributed by atoms with E-state index >= 15 is 0 Å². The van der Waals surface area contributed by atoms with Gasteiger partial charge in [0.15, 0.2) is 0 Å². The largest absolute Gasteiger partial charge is 0.370 e. The van der Waals surface area contributed by atoms with Crippen LogP contribution in [0.5, 0.6) is 0 Å². The normalized spacial score (nSPS) is 22.3. The van der Waals surface area contributed by atoms with Crippen molar-refractivity contribution >= 4 is 23.3 Å². The van der Waals surface area contributed by atoms with E-state index in [4.69, 9.17) is 11.6 Å². The van der Waals surface area contributed by atoms with Gasteiger partial charge in [0.05, 0.1) is 10.6 Å². The molecule has 0 aliphatic heterocycles. The zero-order valence-corrected chi connectivity index (χ0v) is 12.1. The summed E-state index contributed by atoms with van der Waals surface area (Å²) in [4.78, 5) is 16.4. The van der Waals surface area contributed by atoms with Crippen LogP contribution in [0.25, 0.3) is 0 Å². The Morgan fingerprint density at radius 3 is 2.95 bits per heavy atom. The molecule has 2 N–H and O–H groups in total. The summed E-state index contributed by atoms with van der Waals surface area (Å²) in [5.41, 5.74) is 0.493. The molecule has 1 fully saturated rings. The average Bonchev–Trinajstić information content (AvgIpc) is 2.77. The van der Waals surface area contributed by atoms with Gasteiger partial charge < -0.3 is 10.6 Å². The van der Waals surface area contributed by atoms with Gasteiger partial charge in [0.2, 0.25) is 0 Å². The molecule has 1 aromatic heterocycles. The molecule has 104 valence electrons. The van der Waals surface area contributed by atoms with Crippen molar-refractivity contribution in [3.63, 3.8) is 0 Å². The summed E-state index contributed by atoms with van der Waals surface area (Å²) in [7, 11) is 0. The molecule has 1 aliphatic carbocycles. The summed E-state index contributed by atoms with van der Waals surface area (Å²) in [5.74, 6) is 1.26. The summed E-state index contributed by atoms with van der Waals surface area (Å²) in [6.07, 6.45) is 4.80. The molecule has 2 unspecified atom stereocenters. The van der Waals surface area contributed by atoms with E-state index in [-0.39, 0.29) is 11.9 Å². The summed E-state index contributed by atoms with van der Waals surface area (Å²) in [5, 5.41) is 6.53. The molecular weight excluding hydrogens is 262 g/mol. The van der Waals surface area contributed by atoms with Crippen LogP contribution in [0.3, 0.4) is 0 Å². The van der Waals surface area contributed by atoms with Gasteiger partial charge in [-0.3, -0.25) is 4.79 Å². The number of anilines is 1. The van der Waals surface area contributed by atoms with E-state index in [1.165, 1.54) is 12.6 Å². The average molecular weight is 282 g/mol. The zero-order chi connectivity index (χ0) is 13.8.